The number of anilines is 1. The first kappa shape index (κ1) is 31.1. The molecule has 0 spiro atoms. The Morgan fingerprint density at radius 2 is 1.52 bits per heavy atom. The lowest BCUT2D eigenvalue weighted by molar-refractivity contribution is -0.137. The van der Waals surface area contributed by atoms with Gasteiger partial charge in [0.05, 0.1) is 10.5 Å². The maximum Gasteiger partial charge on any atom is 0.416 e. The average molecular weight is 602 g/mol. The van der Waals surface area contributed by atoms with Gasteiger partial charge in [0, 0.05) is 24.3 Å². The number of nitrogens with zero attached hydrogens (tertiary/aromatic N) is 1. The number of halogens is 3. The molecule has 42 heavy (non-hydrogen) atoms. The molecule has 0 radical (unpaired) electrons. The quantitative estimate of drug-likeness (QED) is 0.349. The second-order valence-electron chi connectivity index (χ2n) is 10.8. The van der Waals surface area contributed by atoms with Crippen molar-refractivity contribution >= 4 is 27.5 Å². The largest absolute Gasteiger partial charge is 0.416 e. The summed E-state index contributed by atoms with van der Waals surface area (Å²) in [5.74, 6) is -0.883. The summed E-state index contributed by atoms with van der Waals surface area (Å²) in [5, 5.41) is 2.71. The van der Waals surface area contributed by atoms with Crippen LogP contribution in [0.5, 0.6) is 0 Å². The number of carbonyl (C=O) groups is 2. The number of rotatable bonds is 7. The molecule has 1 heterocycles. The number of hydrogen-bond acceptors (Lipinski definition) is 4. The molecular formula is C31H34F3N3O4S. The Hall–Kier alpha value is -3.86. The molecule has 1 aliphatic heterocycles. The molecule has 1 atom stereocenters. The van der Waals surface area contributed by atoms with E-state index in [1.165, 1.54) is 41.3 Å². The Morgan fingerprint density at radius 1 is 0.929 bits per heavy atom. The number of hydrogen-bond donors (Lipinski definition) is 2. The van der Waals surface area contributed by atoms with Gasteiger partial charge < -0.3 is 10.2 Å². The fourth-order valence-corrected chi connectivity index (χ4v) is 6.96. The van der Waals surface area contributed by atoms with Crippen LogP contribution in [0.4, 0.5) is 18.9 Å². The van der Waals surface area contributed by atoms with E-state index >= 15 is 0 Å². The van der Waals surface area contributed by atoms with Gasteiger partial charge in [-0.25, -0.2) is 8.42 Å². The van der Waals surface area contributed by atoms with E-state index in [1.54, 1.807) is 13.8 Å². The van der Waals surface area contributed by atoms with Gasteiger partial charge in [0.1, 0.15) is 6.04 Å². The van der Waals surface area contributed by atoms with Gasteiger partial charge >= 0.3 is 6.18 Å². The van der Waals surface area contributed by atoms with Gasteiger partial charge in [-0.05, 0) is 117 Å². The number of carbonyl (C=O) groups excluding carboxylic acids is 2. The Kier molecular flexibility index (Phi) is 8.73. The van der Waals surface area contributed by atoms with Crippen LogP contribution < -0.4 is 10.0 Å². The predicted molar refractivity (Wildman–Crippen MR) is 155 cm³/mol. The lowest BCUT2D eigenvalue weighted by Crippen LogP contribution is -2.51. The van der Waals surface area contributed by atoms with Crippen molar-refractivity contribution < 1.29 is 31.2 Å². The Morgan fingerprint density at radius 3 is 2.12 bits per heavy atom. The first-order valence-corrected chi connectivity index (χ1v) is 15.0. The molecule has 1 saturated heterocycles. The Labute approximate surface area is 244 Å². The van der Waals surface area contributed by atoms with Crippen LogP contribution in [0.15, 0.2) is 53.4 Å². The minimum atomic E-state index is -4.48. The normalized spacial score (nSPS) is 16.0. The third-order valence-electron chi connectivity index (χ3n) is 8.06. The number of nitrogens with one attached hydrogen (secondary N) is 2. The van der Waals surface area contributed by atoms with E-state index in [4.69, 9.17) is 0 Å². The number of amides is 2. The highest BCUT2D eigenvalue weighted by atomic mass is 32.2. The summed E-state index contributed by atoms with van der Waals surface area (Å²) >= 11 is 0. The fourth-order valence-electron chi connectivity index (χ4n) is 5.30. The smallest absolute Gasteiger partial charge is 0.340 e. The van der Waals surface area contributed by atoms with Crippen molar-refractivity contribution in [3.8, 4) is 0 Å². The van der Waals surface area contributed by atoms with Gasteiger partial charge in [-0.15, -0.1) is 0 Å². The predicted octanol–water partition coefficient (Wildman–Crippen LogP) is 5.97. The highest BCUT2D eigenvalue weighted by molar-refractivity contribution is 7.92. The molecule has 2 amide bonds. The van der Waals surface area contributed by atoms with Crippen molar-refractivity contribution in [1.29, 1.82) is 0 Å². The zero-order valence-corrected chi connectivity index (χ0v) is 25.0. The van der Waals surface area contributed by atoms with Gasteiger partial charge in [0.25, 0.3) is 15.9 Å². The second-order valence-corrected chi connectivity index (χ2v) is 12.4. The number of benzene rings is 3. The number of sulfonamides is 1. The van der Waals surface area contributed by atoms with Crippen LogP contribution in [0.25, 0.3) is 0 Å². The molecule has 0 aromatic heterocycles. The van der Waals surface area contributed by atoms with Crippen LogP contribution in [0.3, 0.4) is 0 Å². The van der Waals surface area contributed by atoms with E-state index in [0.717, 1.165) is 28.8 Å². The van der Waals surface area contributed by atoms with E-state index in [1.807, 2.05) is 20.8 Å². The monoisotopic (exact) mass is 601 g/mol. The van der Waals surface area contributed by atoms with Gasteiger partial charge in [-0.3, -0.25) is 14.3 Å². The maximum atomic E-state index is 13.3. The summed E-state index contributed by atoms with van der Waals surface area (Å²) in [7, 11) is -3.91. The lowest BCUT2D eigenvalue weighted by Gasteiger charge is -2.33. The number of piperidine rings is 1. The third-order valence-corrected chi connectivity index (χ3v) is 9.72. The van der Waals surface area contributed by atoms with Crippen molar-refractivity contribution in [3.63, 3.8) is 0 Å². The van der Waals surface area contributed by atoms with Crippen molar-refractivity contribution in [2.45, 2.75) is 71.1 Å². The SMILES string of the molecule is Cc1c(C)c(C)c(S(=O)(=O)Nc2ccc(C(=O)NC3CCCN(Cc4cccc(C(F)(F)F)c4)C3=O)cc2)c(C)c1C. The summed E-state index contributed by atoms with van der Waals surface area (Å²) in [5.41, 5.74) is 4.31. The van der Waals surface area contributed by atoms with Crippen LogP contribution in [-0.4, -0.2) is 37.7 Å². The van der Waals surface area contributed by atoms with E-state index in [9.17, 15) is 31.2 Å². The molecule has 1 fully saturated rings. The summed E-state index contributed by atoms with van der Waals surface area (Å²) in [4.78, 5) is 27.7. The highest BCUT2D eigenvalue weighted by Gasteiger charge is 2.33. The zero-order chi connectivity index (χ0) is 31.0. The van der Waals surface area contributed by atoms with Crippen LogP contribution in [0, 0.1) is 34.6 Å². The first-order chi connectivity index (χ1) is 19.6. The molecule has 0 saturated carbocycles. The molecule has 224 valence electrons. The zero-order valence-electron chi connectivity index (χ0n) is 24.1. The minimum Gasteiger partial charge on any atom is -0.340 e. The molecule has 11 heteroatoms. The van der Waals surface area contributed by atoms with Crippen LogP contribution >= 0.6 is 0 Å². The number of likely N-dealkylation sites (tertiary alicyclic amines) is 1. The lowest BCUT2D eigenvalue weighted by atomic mass is 9.95. The average Bonchev–Trinajstić information content (AvgIpc) is 2.93. The molecule has 4 rings (SSSR count). The highest BCUT2D eigenvalue weighted by Crippen LogP contribution is 2.32. The molecule has 3 aromatic rings. The van der Waals surface area contributed by atoms with Crippen molar-refractivity contribution in [2.75, 3.05) is 11.3 Å². The van der Waals surface area contributed by atoms with E-state index < -0.39 is 33.7 Å². The van der Waals surface area contributed by atoms with Gasteiger partial charge in [0.2, 0.25) is 5.91 Å². The summed E-state index contributed by atoms with van der Waals surface area (Å²) in [6.45, 7) is 9.69. The number of alkyl halides is 3. The summed E-state index contributed by atoms with van der Waals surface area (Å²) in [6.07, 6.45) is -3.51. The van der Waals surface area contributed by atoms with Crippen molar-refractivity contribution in [2.24, 2.45) is 0 Å². The second kappa shape index (κ2) is 11.8. The van der Waals surface area contributed by atoms with Gasteiger partial charge in [0.15, 0.2) is 0 Å². The molecule has 1 aliphatic rings. The van der Waals surface area contributed by atoms with Gasteiger partial charge in [-0.1, -0.05) is 12.1 Å². The summed E-state index contributed by atoms with van der Waals surface area (Å²) in [6, 6.07) is 9.90. The standard InChI is InChI=1S/C31H34F3N3O4S/c1-18-19(2)21(4)28(22(5)20(18)3)42(40,41)36-26-13-11-24(12-14-26)29(38)35-27-10-7-15-37(30(27)39)17-23-8-6-9-25(16-23)31(32,33)34/h6,8-9,11-14,16,27,36H,7,10,15,17H2,1-5H3,(H,35,38). The fraction of sp³-hybridized carbons (Fsp3) is 0.355. The molecule has 0 bridgehead atoms. The van der Waals surface area contributed by atoms with Gasteiger partial charge in [-0.2, -0.15) is 13.2 Å². The molecule has 2 N–H and O–H groups in total. The molecule has 1 unspecified atom stereocenters. The van der Waals surface area contributed by atoms with E-state index in [-0.39, 0.29) is 28.6 Å². The first-order valence-electron chi connectivity index (χ1n) is 13.6. The van der Waals surface area contributed by atoms with E-state index in [2.05, 4.69) is 10.0 Å². The molecule has 3 aromatic carbocycles. The van der Waals surface area contributed by atoms with E-state index in [0.29, 0.717) is 36.1 Å². The minimum absolute atomic E-state index is 0.00292. The van der Waals surface area contributed by atoms with Crippen molar-refractivity contribution in [1.82, 2.24) is 10.2 Å². The van der Waals surface area contributed by atoms with Crippen LogP contribution in [-0.2, 0) is 27.5 Å². The van der Waals surface area contributed by atoms with Crippen LogP contribution in [0.1, 0.15) is 62.1 Å². The maximum absolute atomic E-state index is 13.3. The summed E-state index contributed by atoms with van der Waals surface area (Å²) < 4.78 is 68.5. The Bertz CT molecular complexity index is 1610. The molecule has 7 nitrogen and oxygen atoms in total. The van der Waals surface area contributed by atoms with Crippen molar-refractivity contribution in [3.05, 3.63) is 93.0 Å². The topological polar surface area (TPSA) is 95.6 Å². The molecular weight excluding hydrogens is 567 g/mol. The Balaban J connectivity index is 1.43. The third kappa shape index (κ3) is 6.46. The van der Waals surface area contributed by atoms with Crippen LogP contribution in [0.2, 0.25) is 0 Å². The molecule has 0 aliphatic carbocycles.